The van der Waals surface area contributed by atoms with Crippen LogP contribution in [0.15, 0.2) is 101 Å². The van der Waals surface area contributed by atoms with Crippen molar-refractivity contribution in [3.8, 4) is 0 Å². The van der Waals surface area contributed by atoms with Crippen LogP contribution in [0.25, 0.3) is 0 Å². The van der Waals surface area contributed by atoms with Crippen molar-refractivity contribution in [1.82, 2.24) is 0 Å². The van der Waals surface area contributed by atoms with Gasteiger partial charge in [-0.15, -0.1) is 0 Å². The first-order valence-corrected chi connectivity index (χ1v) is 21.9. The SMILES string of the molecule is C=CC(C=C)(CCCC)C(=O)[O][Sn]([O]C(=O)C(C=C)(C=C)CCCC)([O]C(=O)C(C=C)(C=C)CCCC)[O]C(=O)C(C=C)(C=C)CCCC. The molecular formula is C40H60O8Sn. The Morgan fingerprint density at radius 1 is 0.408 bits per heavy atom. The van der Waals surface area contributed by atoms with Crippen molar-refractivity contribution in [2.45, 2.75) is 105 Å². The van der Waals surface area contributed by atoms with Crippen LogP contribution >= 0.6 is 0 Å². The van der Waals surface area contributed by atoms with Crippen molar-refractivity contribution in [3.05, 3.63) is 101 Å². The number of unbranched alkanes of at least 4 members (excludes halogenated alkanes) is 4. The Balaban J connectivity index is 7.95. The third kappa shape index (κ3) is 11.3. The summed E-state index contributed by atoms with van der Waals surface area (Å²) in [6, 6.07) is 0. The van der Waals surface area contributed by atoms with Gasteiger partial charge in [-0.05, 0) is 0 Å². The van der Waals surface area contributed by atoms with E-state index >= 15 is 0 Å². The zero-order chi connectivity index (χ0) is 37.8. The van der Waals surface area contributed by atoms with Gasteiger partial charge in [0.25, 0.3) is 0 Å². The Morgan fingerprint density at radius 2 is 0.571 bits per heavy atom. The van der Waals surface area contributed by atoms with E-state index < -0.39 is 65.6 Å². The Kier molecular flexibility index (Phi) is 20.1. The minimum absolute atomic E-state index is 0.229. The van der Waals surface area contributed by atoms with Crippen LogP contribution < -0.4 is 0 Å². The molecule has 0 radical (unpaired) electrons. The molecule has 0 fully saturated rings. The molecule has 0 N–H and O–H groups in total. The van der Waals surface area contributed by atoms with Gasteiger partial charge in [0.1, 0.15) is 0 Å². The van der Waals surface area contributed by atoms with Crippen molar-refractivity contribution in [1.29, 1.82) is 0 Å². The fourth-order valence-electron chi connectivity index (χ4n) is 5.06. The maximum absolute atomic E-state index is 14.3. The zero-order valence-electron chi connectivity index (χ0n) is 30.5. The van der Waals surface area contributed by atoms with Gasteiger partial charge in [-0.25, -0.2) is 0 Å². The van der Waals surface area contributed by atoms with Gasteiger partial charge in [0, 0.05) is 0 Å². The molecule has 0 bridgehead atoms. The number of hydrogen-bond donors (Lipinski definition) is 0. The molecule has 0 amide bonds. The summed E-state index contributed by atoms with van der Waals surface area (Å²) in [5.41, 5.74) is -5.98. The van der Waals surface area contributed by atoms with Gasteiger partial charge in [-0.1, -0.05) is 0 Å². The fraction of sp³-hybridized carbons (Fsp3) is 0.500. The molecule has 0 unspecified atom stereocenters. The first-order valence-electron chi connectivity index (χ1n) is 17.3. The van der Waals surface area contributed by atoms with Crippen LogP contribution in [0.3, 0.4) is 0 Å². The van der Waals surface area contributed by atoms with Crippen LogP contribution in [-0.4, -0.2) is 43.9 Å². The normalized spacial score (nSPS) is 12.0. The second-order valence-corrected chi connectivity index (χ2v) is 17.5. The van der Waals surface area contributed by atoms with Crippen molar-refractivity contribution in [2.75, 3.05) is 0 Å². The first kappa shape index (κ1) is 45.6. The van der Waals surface area contributed by atoms with E-state index in [1.165, 1.54) is 48.6 Å². The minimum atomic E-state index is -6.66. The van der Waals surface area contributed by atoms with E-state index in [1.807, 2.05) is 27.7 Å². The molecule has 0 atom stereocenters. The van der Waals surface area contributed by atoms with Crippen molar-refractivity contribution >= 4 is 43.9 Å². The van der Waals surface area contributed by atoms with Gasteiger partial charge < -0.3 is 0 Å². The van der Waals surface area contributed by atoms with E-state index in [2.05, 4.69) is 52.6 Å². The van der Waals surface area contributed by atoms with E-state index in [0.29, 0.717) is 25.7 Å². The molecule has 49 heavy (non-hydrogen) atoms. The predicted octanol–water partition coefficient (Wildman–Crippen LogP) is 9.79. The molecule has 8 nitrogen and oxygen atoms in total. The molecule has 0 saturated heterocycles. The Morgan fingerprint density at radius 3 is 0.694 bits per heavy atom. The van der Waals surface area contributed by atoms with E-state index in [4.69, 9.17) is 12.3 Å². The van der Waals surface area contributed by atoms with E-state index in [-0.39, 0.29) is 25.7 Å². The Bertz CT molecular complexity index is 1010. The third-order valence-corrected chi connectivity index (χ3v) is 14.1. The van der Waals surface area contributed by atoms with E-state index in [1.54, 1.807) is 0 Å². The molecule has 0 aliphatic heterocycles. The van der Waals surface area contributed by atoms with Gasteiger partial charge in [0.15, 0.2) is 0 Å². The molecule has 0 heterocycles. The van der Waals surface area contributed by atoms with Crippen LogP contribution in [0.1, 0.15) is 105 Å². The third-order valence-electron chi connectivity index (χ3n) is 9.08. The van der Waals surface area contributed by atoms with Gasteiger partial charge >= 0.3 is 303 Å². The Hall–Kier alpha value is -3.40. The average Bonchev–Trinajstić information content (AvgIpc) is 3.10. The molecule has 0 aromatic carbocycles. The summed E-state index contributed by atoms with van der Waals surface area (Å²) in [5.74, 6) is -4.00. The molecule has 0 spiro atoms. The standard InChI is InChI=1S/4C10H16O2.Sn/c4*1-4-7-8-10(5-2,6-3)9(11)12;/h4*5-6H,2-4,7-8H2,1H3,(H,11,12);/q;;;;+4/p-4. The number of rotatable bonds is 28. The number of hydrogen-bond acceptors (Lipinski definition) is 8. The van der Waals surface area contributed by atoms with Crippen LogP contribution in [0.4, 0.5) is 0 Å². The van der Waals surface area contributed by atoms with E-state index in [0.717, 1.165) is 25.7 Å². The second-order valence-electron chi connectivity index (χ2n) is 12.3. The first-order chi connectivity index (χ1) is 23.2. The number of carbonyl (C=O) groups is 4. The van der Waals surface area contributed by atoms with Crippen LogP contribution in [-0.2, 0) is 31.5 Å². The molecule has 0 saturated carbocycles. The molecule has 9 heteroatoms. The monoisotopic (exact) mass is 788 g/mol. The molecule has 0 rings (SSSR count). The summed E-state index contributed by atoms with van der Waals surface area (Å²) >= 11 is -6.66. The van der Waals surface area contributed by atoms with Crippen molar-refractivity contribution < 1.29 is 31.5 Å². The number of carbonyl (C=O) groups excluding carboxylic acids is 4. The summed E-state index contributed by atoms with van der Waals surface area (Å²) in [4.78, 5) is 57.1. The molecule has 272 valence electrons. The van der Waals surface area contributed by atoms with Gasteiger partial charge in [0.05, 0.1) is 0 Å². The summed E-state index contributed by atoms with van der Waals surface area (Å²) in [6.07, 6.45) is 17.0. The molecule has 0 aromatic heterocycles. The fourth-order valence-corrected chi connectivity index (χ4v) is 10.5. The van der Waals surface area contributed by atoms with Crippen molar-refractivity contribution in [2.24, 2.45) is 21.7 Å². The molecule has 0 aliphatic rings. The van der Waals surface area contributed by atoms with Gasteiger partial charge in [-0.2, -0.15) is 0 Å². The van der Waals surface area contributed by atoms with E-state index in [9.17, 15) is 19.2 Å². The Labute approximate surface area is 301 Å². The summed E-state index contributed by atoms with van der Waals surface area (Å²) in [5, 5.41) is 0. The summed E-state index contributed by atoms with van der Waals surface area (Å²) < 4.78 is 24.2. The van der Waals surface area contributed by atoms with Crippen LogP contribution in [0, 0.1) is 21.7 Å². The second kappa shape index (κ2) is 21.6. The van der Waals surface area contributed by atoms with Gasteiger partial charge in [0.2, 0.25) is 0 Å². The van der Waals surface area contributed by atoms with Crippen LogP contribution in [0.5, 0.6) is 0 Å². The zero-order valence-corrected chi connectivity index (χ0v) is 33.4. The topological polar surface area (TPSA) is 105 Å². The van der Waals surface area contributed by atoms with Crippen LogP contribution in [0.2, 0.25) is 0 Å². The predicted molar refractivity (Wildman–Crippen MR) is 200 cm³/mol. The summed E-state index contributed by atoms with van der Waals surface area (Å²) in [7, 11) is 0. The molecule has 0 aliphatic carbocycles. The average molecular weight is 788 g/mol. The molecular weight excluding hydrogens is 727 g/mol. The van der Waals surface area contributed by atoms with Gasteiger partial charge in [-0.3, -0.25) is 0 Å². The maximum atomic E-state index is 14.3. The van der Waals surface area contributed by atoms with Crippen molar-refractivity contribution in [3.63, 3.8) is 0 Å². The molecule has 0 aromatic rings. The summed E-state index contributed by atoms with van der Waals surface area (Å²) in [6.45, 7) is 38.5. The quantitative estimate of drug-likeness (QED) is 0.0571.